The summed E-state index contributed by atoms with van der Waals surface area (Å²) in [5.74, 6) is 3.27. The molecule has 0 aliphatic rings. The molecular weight excluding hydrogens is 332 g/mol. The van der Waals surface area contributed by atoms with Crippen molar-refractivity contribution in [2.45, 2.75) is 33.4 Å². The number of nitrogens with zero attached hydrogens (tertiary/aromatic N) is 4. The number of rotatable bonds is 9. The average Bonchev–Trinajstić information content (AvgIpc) is 3.13. The lowest BCUT2D eigenvalue weighted by Crippen LogP contribution is -2.38. The number of nitrogens with one attached hydrogen (secondary N) is 2. The van der Waals surface area contributed by atoms with Gasteiger partial charge in [-0.2, -0.15) is 0 Å². The van der Waals surface area contributed by atoms with E-state index in [1.807, 2.05) is 29.7 Å². The Balaban J connectivity index is 1.98. The van der Waals surface area contributed by atoms with E-state index in [9.17, 15) is 0 Å². The summed E-state index contributed by atoms with van der Waals surface area (Å²) in [6.07, 6.45) is 2.62. The van der Waals surface area contributed by atoms with Crippen LogP contribution in [-0.4, -0.2) is 48.0 Å². The largest absolute Gasteiger partial charge is 0.497 e. The van der Waals surface area contributed by atoms with Crippen LogP contribution in [0.3, 0.4) is 0 Å². The van der Waals surface area contributed by atoms with Gasteiger partial charge in [-0.25, -0.2) is 4.99 Å². The minimum absolute atomic E-state index is 0.509. The van der Waals surface area contributed by atoms with E-state index in [0.717, 1.165) is 54.9 Å². The highest BCUT2D eigenvalue weighted by atomic mass is 16.5. The van der Waals surface area contributed by atoms with E-state index in [1.54, 1.807) is 20.5 Å². The Morgan fingerprint density at radius 3 is 2.73 bits per heavy atom. The lowest BCUT2D eigenvalue weighted by molar-refractivity contribution is 0.391. The van der Waals surface area contributed by atoms with Crippen molar-refractivity contribution in [3.8, 4) is 11.5 Å². The highest BCUT2D eigenvalue weighted by molar-refractivity contribution is 5.79. The number of benzene rings is 1. The fourth-order valence-corrected chi connectivity index (χ4v) is 2.52. The van der Waals surface area contributed by atoms with Crippen LogP contribution in [-0.2, 0) is 19.5 Å². The SMILES string of the molecule is CCNC(=NCc1ccc(OC)cc1OC)NCCn1cnnc1CC. The van der Waals surface area contributed by atoms with Crippen LogP contribution in [0.2, 0.25) is 0 Å². The maximum Gasteiger partial charge on any atom is 0.191 e. The normalized spacial score (nSPS) is 11.3. The molecule has 0 fully saturated rings. The van der Waals surface area contributed by atoms with Crippen molar-refractivity contribution >= 4 is 5.96 Å². The summed E-state index contributed by atoms with van der Waals surface area (Å²) in [6.45, 7) is 6.93. The fraction of sp³-hybridized carbons (Fsp3) is 0.500. The lowest BCUT2D eigenvalue weighted by Gasteiger charge is -2.13. The Bertz CT molecular complexity index is 713. The Hall–Kier alpha value is -2.77. The molecule has 1 aromatic heterocycles. The monoisotopic (exact) mass is 360 g/mol. The van der Waals surface area contributed by atoms with Gasteiger partial charge in [-0.1, -0.05) is 6.92 Å². The van der Waals surface area contributed by atoms with E-state index >= 15 is 0 Å². The molecule has 0 bridgehead atoms. The molecule has 0 saturated heterocycles. The molecule has 2 N–H and O–H groups in total. The summed E-state index contributed by atoms with van der Waals surface area (Å²) in [6, 6.07) is 5.74. The minimum atomic E-state index is 0.509. The van der Waals surface area contributed by atoms with Crippen molar-refractivity contribution in [1.29, 1.82) is 0 Å². The Morgan fingerprint density at radius 2 is 2.04 bits per heavy atom. The molecule has 0 aliphatic carbocycles. The van der Waals surface area contributed by atoms with Gasteiger partial charge in [0, 0.05) is 37.7 Å². The van der Waals surface area contributed by atoms with Crippen LogP contribution in [0.25, 0.3) is 0 Å². The molecule has 0 saturated carbocycles. The van der Waals surface area contributed by atoms with Gasteiger partial charge in [-0.05, 0) is 19.1 Å². The lowest BCUT2D eigenvalue weighted by atomic mass is 10.2. The molecule has 8 heteroatoms. The summed E-state index contributed by atoms with van der Waals surface area (Å²) in [7, 11) is 3.29. The number of guanidine groups is 1. The molecule has 0 amide bonds. The van der Waals surface area contributed by atoms with E-state index in [1.165, 1.54) is 0 Å². The highest BCUT2D eigenvalue weighted by Gasteiger charge is 2.06. The van der Waals surface area contributed by atoms with Gasteiger partial charge >= 0.3 is 0 Å². The van der Waals surface area contributed by atoms with E-state index in [2.05, 4.69) is 32.7 Å². The molecule has 2 rings (SSSR count). The zero-order valence-electron chi connectivity index (χ0n) is 16.0. The van der Waals surface area contributed by atoms with Crippen molar-refractivity contribution in [2.75, 3.05) is 27.3 Å². The summed E-state index contributed by atoms with van der Waals surface area (Å²) in [4.78, 5) is 4.64. The maximum atomic E-state index is 5.43. The number of methoxy groups -OCH3 is 2. The second kappa shape index (κ2) is 10.3. The number of hydrogen-bond acceptors (Lipinski definition) is 5. The van der Waals surface area contributed by atoms with E-state index in [0.29, 0.717) is 6.54 Å². The van der Waals surface area contributed by atoms with Gasteiger partial charge in [0.25, 0.3) is 0 Å². The first-order valence-corrected chi connectivity index (χ1v) is 8.81. The predicted octanol–water partition coefficient (Wildman–Crippen LogP) is 1.61. The summed E-state index contributed by atoms with van der Waals surface area (Å²) in [5.41, 5.74) is 0.998. The molecule has 1 aromatic carbocycles. The highest BCUT2D eigenvalue weighted by Crippen LogP contribution is 2.25. The van der Waals surface area contributed by atoms with Crippen LogP contribution < -0.4 is 20.1 Å². The summed E-state index contributed by atoms with van der Waals surface area (Å²) >= 11 is 0. The molecule has 0 unspecified atom stereocenters. The van der Waals surface area contributed by atoms with E-state index in [4.69, 9.17) is 9.47 Å². The minimum Gasteiger partial charge on any atom is -0.497 e. The van der Waals surface area contributed by atoms with Crippen molar-refractivity contribution in [2.24, 2.45) is 4.99 Å². The topological polar surface area (TPSA) is 85.6 Å². The van der Waals surface area contributed by atoms with Crippen LogP contribution in [0.15, 0.2) is 29.5 Å². The van der Waals surface area contributed by atoms with Crippen molar-refractivity contribution in [3.63, 3.8) is 0 Å². The molecule has 0 atom stereocenters. The van der Waals surface area contributed by atoms with Crippen LogP contribution >= 0.6 is 0 Å². The first-order chi connectivity index (χ1) is 12.7. The number of aliphatic imine (C=N–C) groups is 1. The van der Waals surface area contributed by atoms with Crippen molar-refractivity contribution < 1.29 is 9.47 Å². The smallest absolute Gasteiger partial charge is 0.191 e. The average molecular weight is 360 g/mol. The number of aromatic nitrogens is 3. The van der Waals surface area contributed by atoms with Crippen LogP contribution in [0, 0.1) is 0 Å². The third-order valence-electron chi connectivity index (χ3n) is 3.90. The number of aryl methyl sites for hydroxylation is 1. The molecule has 2 aromatic rings. The van der Waals surface area contributed by atoms with Gasteiger partial charge in [0.2, 0.25) is 0 Å². The Kier molecular flexibility index (Phi) is 7.73. The van der Waals surface area contributed by atoms with Crippen LogP contribution in [0.4, 0.5) is 0 Å². The third kappa shape index (κ3) is 5.37. The van der Waals surface area contributed by atoms with Gasteiger partial charge < -0.3 is 24.7 Å². The first-order valence-electron chi connectivity index (χ1n) is 8.81. The fourth-order valence-electron chi connectivity index (χ4n) is 2.52. The zero-order chi connectivity index (χ0) is 18.8. The van der Waals surface area contributed by atoms with Gasteiger partial charge in [0.15, 0.2) is 5.96 Å². The van der Waals surface area contributed by atoms with E-state index < -0.39 is 0 Å². The predicted molar refractivity (Wildman–Crippen MR) is 102 cm³/mol. The first kappa shape index (κ1) is 19.6. The second-order valence-corrected chi connectivity index (χ2v) is 5.59. The quantitative estimate of drug-likeness (QED) is 0.522. The molecule has 142 valence electrons. The molecule has 8 nitrogen and oxygen atoms in total. The van der Waals surface area contributed by atoms with Gasteiger partial charge in [0.05, 0.1) is 20.8 Å². The Morgan fingerprint density at radius 1 is 1.19 bits per heavy atom. The zero-order valence-corrected chi connectivity index (χ0v) is 16.0. The van der Waals surface area contributed by atoms with E-state index in [-0.39, 0.29) is 0 Å². The molecule has 0 radical (unpaired) electrons. The van der Waals surface area contributed by atoms with Crippen molar-refractivity contribution in [3.05, 3.63) is 35.9 Å². The number of ether oxygens (including phenoxy) is 2. The van der Waals surface area contributed by atoms with Gasteiger partial charge in [-0.3, -0.25) is 0 Å². The standard InChI is InChI=1S/C18H28N6O2/c1-5-17-23-22-13-24(17)10-9-20-18(19-6-2)21-12-14-7-8-15(25-3)11-16(14)26-4/h7-8,11,13H,5-6,9-10,12H2,1-4H3,(H2,19,20,21). The maximum absolute atomic E-state index is 5.43. The van der Waals surface area contributed by atoms with Crippen molar-refractivity contribution in [1.82, 2.24) is 25.4 Å². The number of hydrogen-bond donors (Lipinski definition) is 2. The molecule has 26 heavy (non-hydrogen) atoms. The van der Waals surface area contributed by atoms with Crippen LogP contribution in [0.1, 0.15) is 25.2 Å². The third-order valence-corrected chi connectivity index (χ3v) is 3.90. The summed E-state index contributed by atoms with van der Waals surface area (Å²) < 4.78 is 12.7. The van der Waals surface area contributed by atoms with Gasteiger partial charge in [-0.15, -0.1) is 10.2 Å². The molecule has 1 heterocycles. The summed E-state index contributed by atoms with van der Waals surface area (Å²) in [5, 5.41) is 14.6. The Labute approximate surface area is 154 Å². The second-order valence-electron chi connectivity index (χ2n) is 5.59. The molecule has 0 spiro atoms. The van der Waals surface area contributed by atoms with Gasteiger partial charge in [0.1, 0.15) is 23.7 Å². The molecule has 0 aliphatic heterocycles. The van der Waals surface area contributed by atoms with Crippen LogP contribution in [0.5, 0.6) is 11.5 Å². The molecular formula is C18H28N6O2.